The van der Waals surface area contributed by atoms with Crippen LogP contribution in [0.3, 0.4) is 0 Å². The fourth-order valence-corrected chi connectivity index (χ4v) is 2.42. The first kappa shape index (κ1) is 11.9. The quantitative estimate of drug-likeness (QED) is 0.665. The number of piperidine rings is 1. The van der Waals surface area contributed by atoms with Crippen LogP contribution in [0.15, 0.2) is 0 Å². The highest BCUT2D eigenvalue weighted by Crippen LogP contribution is 2.11. The summed E-state index contributed by atoms with van der Waals surface area (Å²) in [6.07, 6.45) is 2.24. The maximum atomic E-state index is 11.4. The van der Waals surface area contributed by atoms with E-state index in [2.05, 4.69) is 10.0 Å². The normalized spacial score (nSPS) is 24.1. The van der Waals surface area contributed by atoms with Crippen LogP contribution in [0, 0.1) is 5.92 Å². The highest BCUT2D eigenvalue weighted by atomic mass is 32.2. The summed E-state index contributed by atoms with van der Waals surface area (Å²) in [5, 5.41) is 3.27. The van der Waals surface area contributed by atoms with Gasteiger partial charge in [0.15, 0.2) is 0 Å². The molecule has 1 saturated heterocycles. The highest BCUT2D eigenvalue weighted by Gasteiger charge is 2.21. The van der Waals surface area contributed by atoms with E-state index in [4.69, 9.17) is 0 Å². The molecule has 0 aromatic carbocycles. The molecule has 6 heteroatoms. The Bertz CT molecular complexity index is 260. The Hall–Kier alpha value is -0.170. The lowest BCUT2D eigenvalue weighted by Gasteiger charge is -2.26. The van der Waals surface area contributed by atoms with Crippen molar-refractivity contribution in [3.05, 3.63) is 0 Å². The Kier molecular flexibility index (Phi) is 4.31. The number of rotatable bonds is 4. The van der Waals surface area contributed by atoms with Crippen LogP contribution in [0.4, 0.5) is 0 Å². The van der Waals surface area contributed by atoms with E-state index in [1.165, 1.54) is 11.4 Å². The molecule has 0 bridgehead atoms. The Labute approximate surface area is 86.0 Å². The lowest BCUT2D eigenvalue weighted by molar-refractivity contribution is 0.313. The largest absolute Gasteiger partial charge is 0.316 e. The summed E-state index contributed by atoms with van der Waals surface area (Å²) in [5.41, 5.74) is 0. The third-order valence-corrected chi connectivity index (χ3v) is 4.07. The van der Waals surface area contributed by atoms with E-state index in [0.29, 0.717) is 12.5 Å². The minimum absolute atomic E-state index is 0.442. The molecule has 5 nitrogen and oxygen atoms in total. The summed E-state index contributed by atoms with van der Waals surface area (Å²) < 4.78 is 26.4. The minimum Gasteiger partial charge on any atom is -0.316 e. The van der Waals surface area contributed by atoms with Gasteiger partial charge in [-0.3, -0.25) is 0 Å². The number of hydrogen-bond donors (Lipinski definition) is 2. The van der Waals surface area contributed by atoms with Crippen molar-refractivity contribution in [2.24, 2.45) is 5.92 Å². The third kappa shape index (κ3) is 3.20. The zero-order chi connectivity index (χ0) is 10.6. The molecule has 0 saturated carbocycles. The van der Waals surface area contributed by atoms with Gasteiger partial charge in [0.25, 0.3) is 10.2 Å². The van der Waals surface area contributed by atoms with Crippen molar-refractivity contribution in [1.82, 2.24) is 14.3 Å². The molecule has 0 aliphatic carbocycles. The molecule has 0 aromatic heterocycles. The Balaban J connectivity index is 2.43. The maximum Gasteiger partial charge on any atom is 0.278 e. The lowest BCUT2D eigenvalue weighted by atomic mass is 10.00. The molecule has 1 aliphatic rings. The fourth-order valence-electron chi connectivity index (χ4n) is 1.70. The van der Waals surface area contributed by atoms with Gasteiger partial charge in [-0.05, 0) is 31.8 Å². The van der Waals surface area contributed by atoms with Crippen LogP contribution in [-0.4, -0.2) is 46.5 Å². The molecule has 0 amide bonds. The van der Waals surface area contributed by atoms with Gasteiger partial charge >= 0.3 is 0 Å². The van der Waals surface area contributed by atoms with Gasteiger partial charge in [0.1, 0.15) is 0 Å². The molecule has 1 rings (SSSR count). The smallest absolute Gasteiger partial charge is 0.278 e. The number of nitrogens with one attached hydrogen (secondary N) is 2. The molecule has 14 heavy (non-hydrogen) atoms. The van der Waals surface area contributed by atoms with Gasteiger partial charge in [0, 0.05) is 20.6 Å². The molecule has 0 spiro atoms. The van der Waals surface area contributed by atoms with E-state index in [1.807, 2.05) is 0 Å². The molecular formula is C8H19N3O2S. The Morgan fingerprint density at radius 3 is 2.79 bits per heavy atom. The third-order valence-electron chi connectivity index (χ3n) is 2.58. The topological polar surface area (TPSA) is 61.4 Å². The predicted molar refractivity (Wildman–Crippen MR) is 56.2 cm³/mol. The van der Waals surface area contributed by atoms with Crippen LogP contribution in [0.5, 0.6) is 0 Å². The van der Waals surface area contributed by atoms with E-state index >= 15 is 0 Å². The van der Waals surface area contributed by atoms with Crippen LogP contribution < -0.4 is 10.0 Å². The molecule has 2 N–H and O–H groups in total. The van der Waals surface area contributed by atoms with E-state index in [0.717, 1.165) is 25.9 Å². The van der Waals surface area contributed by atoms with Gasteiger partial charge < -0.3 is 5.32 Å². The van der Waals surface area contributed by atoms with Gasteiger partial charge in [0.2, 0.25) is 0 Å². The van der Waals surface area contributed by atoms with Crippen LogP contribution >= 0.6 is 0 Å². The molecule has 0 aromatic rings. The predicted octanol–water partition coefficient (Wildman–Crippen LogP) is -0.618. The first-order valence-corrected chi connectivity index (χ1v) is 6.36. The SMILES string of the molecule is CNS(=O)(=O)N(C)CC1CCCNC1. The first-order valence-electron chi connectivity index (χ1n) is 4.92. The molecule has 1 atom stereocenters. The van der Waals surface area contributed by atoms with E-state index < -0.39 is 10.2 Å². The maximum absolute atomic E-state index is 11.4. The van der Waals surface area contributed by atoms with Crippen molar-refractivity contribution in [2.75, 3.05) is 33.7 Å². The standard InChI is InChI=1S/C8H19N3O2S/c1-9-14(12,13)11(2)7-8-4-3-5-10-6-8/h8-10H,3-7H2,1-2H3. The van der Waals surface area contributed by atoms with Crippen LogP contribution in [0.2, 0.25) is 0 Å². The summed E-state index contributed by atoms with van der Waals surface area (Å²) in [6, 6.07) is 0. The van der Waals surface area contributed by atoms with Crippen LogP contribution in [0.25, 0.3) is 0 Å². The van der Waals surface area contributed by atoms with E-state index in [1.54, 1.807) is 7.05 Å². The first-order chi connectivity index (χ1) is 6.56. The molecule has 0 radical (unpaired) electrons. The zero-order valence-corrected chi connectivity index (χ0v) is 9.60. The van der Waals surface area contributed by atoms with Gasteiger partial charge in [-0.1, -0.05) is 0 Å². The highest BCUT2D eigenvalue weighted by molar-refractivity contribution is 7.87. The van der Waals surface area contributed by atoms with Crippen molar-refractivity contribution in [1.29, 1.82) is 0 Å². The summed E-state index contributed by atoms with van der Waals surface area (Å²) in [5.74, 6) is 0.442. The van der Waals surface area contributed by atoms with Crippen molar-refractivity contribution < 1.29 is 8.42 Å². The van der Waals surface area contributed by atoms with Crippen molar-refractivity contribution in [3.8, 4) is 0 Å². The lowest BCUT2D eigenvalue weighted by Crippen LogP contribution is -2.42. The molecule has 1 unspecified atom stereocenters. The zero-order valence-electron chi connectivity index (χ0n) is 8.78. The average Bonchev–Trinajstić information content (AvgIpc) is 2.19. The average molecular weight is 221 g/mol. The van der Waals surface area contributed by atoms with Crippen molar-refractivity contribution in [3.63, 3.8) is 0 Å². The second-order valence-electron chi connectivity index (χ2n) is 3.70. The summed E-state index contributed by atoms with van der Waals surface area (Å²) in [6.45, 7) is 2.57. The Morgan fingerprint density at radius 2 is 2.29 bits per heavy atom. The van der Waals surface area contributed by atoms with Gasteiger partial charge in [0.05, 0.1) is 0 Å². The van der Waals surface area contributed by atoms with Crippen molar-refractivity contribution >= 4 is 10.2 Å². The van der Waals surface area contributed by atoms with Gasteiger partial charge in [-0.25, -0.2) is 4.72 Å². The van der Waals surface area contributed by atoms with E-state index in [-0.39, 0.29) is 0 Å². The van der Waals surface area contributed by atoms with Gasteiger partial charge in [-0.2, -0.15) is 12.7 Å². The van der Waals surface area contributed by atoms with Crippen molar-refractivity contribution in [2.45, 2.75) is 12.8 Å². The fraction of sp³-hybridized carbons (Fsp3) is 1.00. The van der Waals surface area contributed by atoms with E-state index in [9.17, 15) is 8.42 Å². The molecule has 1 aliphatic heterocycles. The second kappa shape index (κ2) is 5.06. The second-order valence-corrected chi connectivity index (χ2v) is 5.68. The minimum atomic E-state index is -3.24. The Morgan fingerprint density at radius 1 is 1.57 bits per heavy atom. The number of nitrogens with zero attached hydrogens (tertiary/aromatic N) is 1. The molecule has 84 valence electrons. The monoisotopic (exact) mass is 221 g/mol. The molecule has 1 heterocycles. The summed E-state index contributed by atoms with van der Waals surface area (Å²) >= 11 is 0. The van der Waals surface area contributed by atoms with Crippen LogP contribution in [-0.2, 0) is 10.2 Å². The molecular weight excluding hydrogens is 202 g/mol. The van der Waals surface area contributed by atoms with Gasteiger partial charge in [-0.15, -0.1) is 0 Å². The number of hydrogen-bond acceptors (Lipinski definition) is 3. The summed E-state index contributed by atoms with van der Waals surface area (Å²) in [7, 11) is -0.195. The summed E-state index contributed by atoms with van der Waals surface area (Å²) in [4.78, 5) is 0. The molecule has 1 fully saturated rings. The van der Waals surface area contributed by atoms with Crippen LogP contribution in [0.1, 0.15) is 12.8 Å².